The van der Waals surface area contributed by atoms with Gasteiger partial charge in [-0.3, -0.25) is 4.40 Å². The number of hydrogen-bond acceptors (Lipinski definition) is 4. The van der Waals surface area contributed by atoms with Gasteiger partial charge in [-0.05, 0) is 42.8 Å². The molecule has 0 aliphatic heterocycles. The van der Waals surface area contributed by atoms with Gasteiger partial charge in [-0.1, -0.05) is 23.7 Å². The van der Waals surface area contributed by atoms with E-state index in [1.54, 1.807) is 6.33 Å². The van der Waals surface area contributed by atoms with Crippen molar-refractivity contribution in [3.63, 3.8) is 0 Å². The van der Waals surface area contributed by atoms with Gasteiger partial charge in [0, 0.05) is 10.7 Å². The molecule has 2 heterocycles. The number of anilines is 2. The predicted molar refractivity (Wildman–Crippen MR) is 87.8 cm³/mol. The molecule has 4 rings (SSSR count). The number of nitrogens with zero attached hydrogens (tertiary/aromatic N) is 4. The fourth-order valence-electron chi connectivity index (χ4n) is 2.47. The maximum Gasteiger partial charge on any atom is 0.204 e. The van der Waals surface area contributed by atoms with Gasteiger partial charge in [-0.25, -0.2) is 4.98 Å². The number of aromatic nitrogens is 4. The molecule has 22 heavy (non-hydrogen) atoms. The molecule has 0 atom stereocenters. The van der Waals surface area contributed by atoms with Gasteiger partial charge in [0.1, 0.15) is 6.33 Å². The normalized spacial score (nSPS) is 11.2. The van der Waals surface area contributed by atoms with Gasteiger partial charge in [-0.15, -0.1) is 10.2 Å². The summed E-state index contributed by atoms with van der Waals surface area (Å²) in [6, 6.07) is 13.7. The minimum Gasteiger partial charge on any atom is -0.337 e. The molecule has 0 aliphatic carbocycles. The number of halogens is 1. The Morgan fingerprint density at radius 2 is 2.05 bits per heavy atom. The van der Waals surface area contributed by atoms with Crippen LogP contribution in [0.3, 0.4) is 0 Å². The highest BCUT2D eigenvalue weighted by Crippen LogP contribution is 2.25. The lowest BCUT2D eigenvalue weighted by molar-refractivity contribution is 1.11. The summed E-state index contributed by atoms with van der Waals surface area (Å²) in [5, 5.41) is 12.1. The average molecular weight is 310 g/mol. The minimum absolute atomic E-state index is 0.656. The first-order valence-electron chi connectivity index (χ1n) is 6.83. The quantitative estimate of drug-likeness (QED) is 0.608. The van der Waals surface area contributed by atoms with Gasteiger partial charge >= 0.3 is 0 Å². The van der Waals surface area contributed by atoms with Gasteiger partial charge in [0.2, 0.25) is 5.65 Å². The molecule has 5 nitrogen and oxygen atoms in total. The van der Waals surface area contributed by atoms with E-state index in [9.17, 15) is 0 Å². The maximum absolute atomic E-state index is 6.08. The summed E-state index contributed by atoms with van der Waals surface area (Å²) in [6.45, 7) is 2.05. The third-order valence-electron chi connectivity index (χ3n) is 3.47. The molecule has 0 saturated heterocycles. The van der Waals surface area contributed by atoms with Gasteiger partial charge in [0.05, 0.1) is 11.0 Å². The lowest BCUT2D eigenvalue weighted by Crippen LogP contribution is -2.00. The molecule has 108 valence electrons. The number of nitrogens with one attached hydrogen (secondary N) is 1. The number of benzene rings is 2. The summed E-state index contributed by atoms with van der Waals surface area (Å²) in [4.78, 5) is 4.65. The summed E-state index contributed by atoms with van der Waals surface area (Å²) in [7, 11) is 0. The highest BCUT2D eigenvalue weighted by atomic mass is 35.5. The van der Waals surface area contributed by atoms with E-state index in [0.717, 1.165) is 16.7 Å². The first-order valence-corrected chi connectivity index (χ1v) is 7.21. The molecule has 2 aromatic carbocycles. The Bertz CT molecular complexity index is 992. The average Bonchev–Trinajstić information content (AvgIpc) is 2.98. The second-order valence-electron chi connectivity index (χ2n) is 5.11. The lowest BCUT2D eigenvalue weighted by atomic mass is 10.2. The summed E-state index contributed by atoms with van der Waals surface area (Å²) < 4.78 is 1.88. The Kier molecular flexibility index (Phi) is 2.94. The van der Waals surface area contributed by atoms with Crippen LogP contribution in [-0.4, -0.2) is 19.6 Å². The zero-order valence-electron chi connectivity index (χ0n) is 11.8. The van der Waals surface area contributed by atoms with Crippen LogP contribution in [0.2, 0.25) is 5.02 Å². The SMILES string of the molecule is Cc1cccc(Nc2nc3ccc(Cl)cc3n3cnnc23)c1. The van der Waals surface area contributed by atoms with Crippen molar-refractivity contribution in [2.24, 2.45) is 0 Å². The smallest absolute Gasteiger partial charge is 0.204 e. The molecule has 0 unspecified atom stereocenters. The fourth-order valence-corrected chi connectivity index (χ4v) is 2.64. The highest BCUT2D eigenvalue weighted by Gasteiger charge is 2.11. The van der Waals surface area contributed by atoms with E-state index in [0.29, 0.717) is 16.5 Å². The monoisotopic (exact) mass is 309 g/mol. The number of aryl methyl sites for hydroxylation is 1. The standard InChI is InChI=1S/C16H12ClN5/c1-10-3-2-4-12(7-10)19-15-16-21-18-9-22(16)14-8-11(17)5-6-13(14)20-15/h2-9H,1H3,(H,19,20). The Morgan fingerprint density at radius 1 is 1.14 bits per heavy atom. The van der Waals surface area contributed by atoms with E-state index in [1.807, 2.05) is 47.7 Å². The van der Waals surface area contributed by atoms with Crippen LogP contribution in [0.25, 0.3) is 16.7 Å². The third-order valence-corrected chi connectivity index (χ3v) is 3.70. The molecule has 0 fully saturated rings. The van der Waals surface area contributed by atoms with Crippen LogP contribution >= 0.6 is 11.6 Å². The van der Waals surface area contributed by atoms with E-state index >= 15 is 0 Å². The molecule has 0 amide bonds. The van der Waals surface area contributed by atoms with Crippen LogP contribution in [0.5, 0.6) is 0 Å². The zero-order chi connectivity index (χ0) is 15.1. The summed E-state index contributed by atoms with van der Waals surface area (Å²) in [6.07, 6.45) is 1.66. The minimum atomic E-state index is 0.656. The van der Waals surface area contributed by atoms with E-state index in [4.69, 9.17) is 11.6 Å². The third kappa shape index (κ3) is 2.16. The molecular formula is C16H12ClN5. The van der Waals surface area contributed by atoms with Crippen molar-refractivity contribution in [1.82, 2.24) is 19.6 Å². The number of rotatable bonds is 2. The van der Waals surface area contributed by atoms with Crippen LogP contribution in [-0.2, 0) is 0 Å². The second-order valence-corrected chi connectivity index (χ2v) is 5.55. The van der Waals surface area contributed by atoms with Crippen molar-refractivity contribution in [2.45, 2.75) is 6.92 Å². The van der Waals surface area contributed by atoms with Gasteiger partial charge < -0.3 is 5.32 Å². The Labute approximate surface area is 131 Å². The molecule has 6 heteroatoms. The van der Waals surface area contributed by atoms with Crippen molar-refractivity contribution >= 4 is 39.8 Å². The van der Waals surface area contributed by atoms with Crippen molar-refractivity contribution in [2.75, 3.05) is 5.32 Å². The summed E-state index contributed by atoms with van der Waals surface area (Å²) in [5.41, 5.74) is 4.51. The van der Waals surface area contributed by atoms with Crippen molar-refractivity contribution in [3.8, 4) is 0 Å². The van der Waals surface area contributed by atoms with Crippen LogP contribution in [0, 0.1) is 6.92 Å². The van der Waals surface area contributed by atoms with E-state index in [2.05, 4.69) is 26.6 Å². The Morgan fingerprint density at radius 3 is 2.91 bits per heavy atom. The molecule has 1 N–H and O–H groups in total. The van der Waals surface area contributed by atoms with Crippen molar-refractivity contribution < 1.29 is 0 Å². The second kappa shape index (κ2) is 4.96. The summed E-state index contributed by atoms with van der Waals surface area (Å²) >= 11 is 6.08. The largest absolute Gasteiger partial charge is 0.337 e. The van der Waals surface area contributed by atoms with Gasteiger partial charge in [-0.2, -0.15) is 0 Å². The molecule has 0 spiro atoms. The predicted octanol–water partition coefficient (Wildman–Crippen LogP) is 3.98. The Hall–Kier alpha value is -2.66. The maximum atomic E-state index is 6.08. The zero-order valence-corrected chi connectivity index (χ0v) is 12.5. The molecule has 0 bridgehead atoms. The lowest BCUT2D eigenvalue weighted by Gasteiger charge is -2.09. The van der Waals surface area contributed by atoms with Crippen LogP contribution < -0.4 is 5.32 Å². The molecule has 4 aromatic rings. The molecule has 0 aliphatic rings. The van der Waals surface area contributed by atoms with Crippen molar-refractivity contribution in [1.29, 1.82) is 0 Å². The van der Waals surface area contributed by atoms with Crippen molar-refractivity contribution in [3.05, 3.63) is 59.4 Å². The van der Waals surface area contributed by atoms with E-state index < -0.39 is 0 Å². The molecule has 2 aromatic heterocycles. The summed E-state index contributed by atoms with van der Waals surface area (Å²) in [5.74, 6) is 0.665. The fraction of sp³-hybridized carbons (Fsp3) is 0.0625. The van der Waals surface area contributed by atoms with Crippen LogP contribution in [0.15, 0.2) is 48.8 Å². The molecule has 0 saturated carbocycles. The van der Waals surface area contributed by atoms with E-state index in [1.165, 1.54) is 5.56 Å². The number of fused-ring (bicyclic) bond motifs is 3. The van der Waals surface area contributed by atoms with Gasteiger partial charge in [0.15, 0.2) is 5.82 Å². The molecular weight excluding hydrogens is 298 g/mol. The van der Waals surface area contributed by atoms with Gasteiger partial charge in [0.25, 0.3) is 0 Å². The first-order chi connectivity index (χ1) is 10.7. The van der Waals surface area contributed by atoms with Crippen LogP contribution in [0.4, 0.5) is 11.5 Å². The number of hydrogen-bond donors (Lipinski definition) is 1. The first kappa shape index (κ1) is 13.0. The highest BCUT2D eigenvalue weighted by molar-refractivity contribution is 6.31. The van der Waals surface area contributed by atoms with E-state index in [-0.39, 0.29) is 0 Å². The topological polar surface area (TPSA) is 55.1 Å². The Balaban J connectivity index is 1.92. The van der Waals surface area contributed by atoms with Crippen LogP contribution in [0.1, 0.15) is 5.56 Å². The molecule has 0 radical (unpaired) electrons.